The van der Waals surface area contributed by atoms with E-state index in [1.54, 1.807) is 6.07 Å². The van der Waals surface area contributed by atoms with Crippen LogP contribution >= 0.6 is 12.4 Å². The molecule has 0 bridgehead atoms. The van der Waals surface area contributed by atoms with Crippen molar-refractivity contribution in [2.24, 2.45) is 5.73 Å². The summed E-state index contributed by atoms with van der Waals surface area (Å²) in [7, 11) is 0. The van der Waals surface area contributed by atoms with Crippen LogP contribution in [0, 0.1) is 0 Å². The topological polar surface area (TPSA) is 89.1 Å². The van der Waals surface area contributed by atoms with Crippen LogP contribution in [-0.4, -0.2) is 21.0 Å². The normalized spacial score (nSPS) is 11.4. The van der Waals surface area contributed by atoms with Crippen LogP contribution in [0.1, 0.15) is 11.9 Å². The molecule has 1 atom stereocenters. The largest absolute Gasteiger partial charge is 0.480 e. The van der Waals surface area contributed by atoms with E-state index >= 15 is 0 Å². The van der Waals surface area contributed by atoms with Crippen molar-refractivity contribution in [3.8, 4) is 0 Å². The molecular formula is C6H8ClN3O2. The van der Waals surface area contributed by atoms with Crippen LogP contribution in [0.15, 0.2) is 18.5 Å². The van der Waals surface area contributed by atoms with Gasteiger partial charge in [-0.25, -0.2) is 9.97 Å². The Bertz CT molecular complexity index is 254. The third kappa shape index (κ3) is 2.44. The molecule has 1 aromatic heterocycles. The lowest BCUT2D eigenvalue weighted by Crippen LogP contribution is -2.22. The van der Waals surface area contributed by atoms with Gasteiger partial charge in [-0.15, -0.1) is 12.4 Å². The van der Waals surface area contributed by atoms with E-state index in [1.165, 1.54) is 12.4 Å². The minimum absolute atomic E-state index is 0. The molecule has 0 aliphatic heterocycles. The molecule has 1 rings (SSSR count). The molecule has 0 fully saturated rings. The van der Waals surface area contributed by atoms with Crippen LogP contribution in [0.25, 0.3) is 0 Å². The molecule has 1 heterocycles. The Labute approximate surface area is 75.0 Å². The minimum Gasteiger partial charge on any atom is -0.480 e. The first-order valence-electron chi connectivity index (χ1n) is 2.97. The number of halogens is 1. The molecular weight excluding hydrogens is 182 g/mol. The second kappa shape index (κ2) is 4.63. The van der Waals surface area contributed by atoms with Crippen molar-refractivity contribution in [2.45, 2.75) is 6.04 Å². The molecule has 0 saturated heterocycles. The van der Waals surface area contributed by atoms with Crippen molar-refractivity contribution in [3.63, 3.8) is 0 Å². The van der Waals surface area contributed by atoms with Gasteiger partial charge in [0.1, 0.15) is 0 Å². The highest BCUT2D eigenvalue weighted by atomic mass is 35.5. The van der Waals surface area contributed by atoms with Crippen molar-refractivity contribution in [2.75, 3.05) is 0 Å². The Hall–Kier alpha value is -1.20. The van der Waals surface area contributed by atoms with Crippen LogP contribution in [0.2, 0.25) is 0 Å². The Kier molecular flexibility index (Phi) is 4.17. The fraction of sp³-hybridized carbons (Fsp3) is 0.167. The highest BCUT2D eigenvalue weighted by Gasteiger charge is 2.15. The first-order valence-corrected chi connectivity index (χ1v) is 2.97. The van der Waals surface area contributed by atoms with Crippen LogP contribution in [-0.2, 0) is 4.79 Å². The van der Waals surface area contributed by atoms with Gasteiger partial charge >= 0.3 is 5.97 Å². The molecule has 3 N–H and O–H groups in total. The maximum Gasteiger partial charge on any atom is 0.328 e. The smallest absolute Gasteiger partial charge is 0.328 e. The van der Waals surface area contributed by atoms with Gasteiger partial charge in [-0.2, -0.15) is 0 Å². The number of rotatable bonds is 2. The summed E-state index contributed by atoms with van der Waals surface area (Å²) >= 11 is 0. The molecule has 0 saturated carbocycles. The van der Waals surface area contributed by atoms with E-state index in [4.69, 9.17) is 10.8 Å². The summed E-state index contributed by atoms with van der Waals surface area (Å²) in [5, 5.41) is 8.43. The Morgan fingerprint density at radius 2 is 2.00 bits per heavy atom. The zero-order chi connectivity index (χ0) is 8.27. The zero-order valence-corrected chi connectivity index (χ0v) is 6.86. The van der Waals surface area contributed by atoms with E-state index in [0.717, 1.165) is 0 Å². The number of aliphatic carboxylic acids is 1. The molecule has 6 heteroatoms. The minimum atomic E-state index is -1.13. The monoisotopic (exact) mass is 189 g/mol. The molecule has 66 valence electrons. The second-order valence-corrected chi connectivity index (χ2v) is 1.92. The van der Waals surface area contributed by atoms with E-state index < -0.39 is 12.0 Å². The van der Waals surface area contributed by atoms with Gasteiger partial charge in [-0.1, -0.05) is 0 Å². The average molecular weight is 190 g/mol. The summed E-state index contributed by atoms with van der Waals surface area (Å²) < 4.78 is 0. The van der Waals surface area contributed by atoms with Gasteiger partial charge < -0.3 is 10.8 Å². The van der Waals surface area contributed by atoms with E-state index in [-0.39, 0.29) is 18.2 Å². The highest BCUT2D eigenvalue weighted by Crippen LogP contribution is 2.00. The number of carboxylic acid groups (broad SMARTS) is 1. The van der Waals surface area contributed by atoms with Gasteiger partial charge in [0, 0.05) is 12.4 Å². The van der Waals surface area contributed by atoms with E-state index in [2.05, 4.69) is 9.97 Å². The van der Waals surface area contributed by atoms with Crippen LogP contribution < -0.4 is 5.73 Å². The first-order chi connectivity index (χ1) is 5.22. The van der Waals surface area contributed by atoms with Crippen molar-refractivity contribution in [3.05, 3.63) is 24.3 Å². The molecule has 0 aromatic carbocycles. The Morgan fingerprint density at radius 1 is 1.50 bits per heavy atom. The highest BCUT2D eigenvalue weighted by molar-refractivity contribution is 5.85. The third-order valence-electron chi connectivity index (χ3n) is 1.13. The molecule has 0 aliphatic carbocycles. The summed E-state index contributed by atoms with van der Waals surface area (Å²) in [5.74, 6) is -1.00. The number of hydrogen-bond acceptors (Lipinski definition) is 4. The SMILES string of the molecule is Cl.NC(C(=O)O)c1ncccn1. The number of carboxylic acids is 1. The second-order valence-electron chi connectivity index (χ2n) is 1.92. The Morgan fingerprint density at radius 3 is 2.42 bits per heavy atom. The van der Waals surface area contributed by atoms with E-state index in [1.807, 2.05) is 0 Å². The fourth-order valence-electron chi connectivity index (χ4n) is 0.582. The number of aromatic nitrogens is 2. The maximum absolute atomic E-state index is 10.3. The van der Waals surface area contributed by atoms with Gasteiger partial charge in [0.15, 0.2) is 11.9 Å². The zero-order valence-electron chi connectivity index (χ0n) is 6.04. The first kappa shape index (κ1) is 10.8. The lowest BCUT2D eigenvalue weighted by molar-refractivity contribution is -0.138. The molecule has 0 spiro atoms. The third-order valence-corrected chi connectivity index (χ3v) is 1.13. The van der Waals surface area contributed by atoms with Crippen LogP contribution in [0.3, 0.4) is 0 Å². The summed E-state index contributed by atoms with van der Waals surface area (Å²) in [4.78, 5) is 17.7. The summed E-state index contributed by atoms with van der Waals surface area (Å²) in [5.41, 5.74) is 5.21. The van der Waals surface area contributed by atoms with E-state index in [0.29, 0.717) is 0 Å². The van der Waals surface area contributed by atoms with Crippen LogP contribution in [0.4, 0.5) is 0 Å². The lowest BCUT2D eigenvalue weighted by Gasteiger charge is -2.01. The van der Waals surface area contributed by atoms with Gasteiger partial charge in [0.2, 0.25) is 0 Å². The summed E-state index contributed by atoms with van der Waals surface area (Å²) in [6.07, 6.45) is 2.90. The number of carbonyl (C=O) groups is 1. The quantitative estimate of drug-likeness (QED) is 0.683. The fourth-order valence-corrected chi connectivity index (χ4v) is 0.582. The molecule has 12 heavy (non-hydrogen) atoms. The van der Waals surface area contributed by atoms with Crippen molar-refractivity contribution < 1.29 is 9.90 Å². The predicted molar refractivity (Wildman–Crippen MR) is 43.8 cm³/mol. The van der Waals surface area contributed by atoms with Crippen molar-refractivity contribution >= 4 is 18.4 Å². The number of nitrogens with zero attached hydrogens (tertiary/aromatic N) is 2. The van der Waals surface area contributed by atoms with Crippen molar-refractivity contribution in [1.82, 2.24) is 9.97 Å². The van der Waals surface area contributed by atoms with Gasteiger partial charge in [-0.3, -0.25) is 4.79 Å². The molecule has 5 nitrogen and oxygen atoms in total. The molecule has 0 amide bonds. The van der Waals surface area contributed by atoms with Gasteiger partial charge in [0.05, 0.1) is 0 Å². The lowest BCUT2D eigenvalue weighted by atomic mass is 10.3. The van der Waals surface area contributed by atoms with Gasteiger partial charge in [0.25, 0.3) is 0 Å². The Balaban J connectivity index is 0.00000121. The standard InChI is InChI=1S/C6H7N3O2.ClH/c7-4(6(10)11)5-8-2-1-3-9-5;/h1-4H,7H2,(H,10,11);1H. The maximum atomic E-state index is 10.3. The molecule has 1 unspecified atom stereocenters. The van der Waals surface area contributed by atoms with E-state index in [9.17, 15) is 4.79 Å². The van der Waals surface area contributed by atoms with Crippen LogP contribution in [0.5, 0.6) is 0 Å². The number of hydrogen-bond donors (Lipinski definition) is 2. The molecule has 1 aromatic rings. The predicted octanol–water partition coefficient (Wildman–Crippen LogP) is -0.0172. The molecule has 0 aliphatic rings. The average Bonchev–Trinajstić information content (AvgIpc) is 2.05. The number of nitrogens with two attached hydrogens (primary N) is 1. The molecule has 0 radical (unpaired) electrons. The summed E-state index contributed by atoms with van der Waals surface area (Å²) in [6, 6.07) is 0.467. The van der Waals surface area contributed by atoms with Crippen molar-refractivity contribution in [1.29, 1.82) is 0 Å². The van der Waals surface area contributed by atoms with Gasteiger partial charge in [-0.05, 0) is 6.07 Å². The summed E-state index contributed by atoms with van der Waals surface area (Å²) in [6.45, 7) is 0.